The van der Waals surface area contributed by atoms with Gasteiger partial charge in [0.2, 0.25) is 0 Å². The van der Waals surface area contributed by atoms with E-state index >= 15 is 0 Å². The van der Waals surface area contributed by atoms with E-state index in [1.54, 1.807) is 0 Å². The minimum absolute atomic E-state index is 0.276. The second-order valence-corrected chi connectivity index (χ2v) is 3.62. The average Bonchev–Trinajstić information content (AvgIpc) is 2.29. The highest BCUT2D eigenvalue weighted by atomic mass is 19.1. The molecule has 0 spiro atoms. The smallest absolute Gasteiger partial charge is 0.127 e. The van der Waals surface area contributed by atoms with Gasteiger partial charge in [-0.2, -0.15) is 0 Å². The first-order valence-corrected chi connectivity index (χ1v) is 5.03. The molecule has 0 unspecified atom stereocenters. The SMILES string of the molecule is OC[C@@H](F)Cc1cccc2ccccc12. The van der Waals surface area contributed by atoms with Crippen molar-refractivity contribution in [3.8, 4) is 0 Å². The summed E-state index contributed by atoms with van der Waals surface area (Å²) in [5, 5.41) is 10.9. The van der Waals surface area contributed by atoms with Crippen LogP contribution in [0.2, 0.25) is 0 Å². The summed E-state index contributed by atoms with van der Waals surface area (Å²) >= 11 is 0. The predicted molar refractivity (Wildman–Crippen MR) is 59.6 cm³/mol. The lowest BCUT2D eigenvalue weighted by Crippen LogP contribution is -2.09. The number of hydrogen-bond acceptors (Lipinski definition) is 1. The maximum atomic E-state index is 13.1. The molecule has 15 heavy (non-hydrogen) atoms. The summed E-state index contributed by atoms with van der Waals surface area (Å²) in [6, 6.07) is 13.7. The normalized spacial score (nSPS) is 12.9. The zero-order valence-electron chi connectivity index (χ0n) is 8.36. The molecule has 1 nitrogen and oxygen atoms in total. The molecule has 0 aromatic heterocycles. The molecule has 2 rings (SSSR count). The fourth-order valence-electron chi connectivity index (χ4n) is 1.77. The van der Waals surface area contributed by atoms with Crippen molar-refractivity contribution in [2.24, 2.45) is 0 Å². The van der Waals surface area contributed by atoms with Gasteiger partial charge in [0.15, 0.2) is 0 Å². The summed E-state index contributed by atoms with van der Waals surface area (Å²) in [4.78, 5) is 0. The monoisotopic (exact) mass is 204 g/mol. The van der Waals surface area contributed by atoms with Gasteiger partial charge in [0.05, 0.1) is 6.61 Å². The number of aliphatic hydroxyl groups is 1. The van der Waals surface area contributed by atoms with E-state index in [4.69, 9.17) is 5.11 Å². The molecular weight excluding hydrogens is 191 g/mol. The van der Waals surface area contributed by atoms with Gasteiger partial charge in [0.1, 0.15) is 6.17 Å². The number of hydrogen-bond donors (Lipinski definition) is 1. The van der Waals surface area contributed by atoms with Crippen molar-refractivity contribution in [1.29, 1.82) is 0 Å². The zero-order valence-corrected chi connectivity index (χ0v) is 8.36. The molecule has 0 fully saturated rings. The Morgan fingerprint density at radius 1 is 1.07 bits per heavy atom. The first-order chi connectivity index (χ1) is 7.31. The maximum absolute atomic E-state index is 13.1. The van der Waals surface area contributed by atoms with Gasteiger partial charge in [-0.25, -0.2) is 4.39 Å². The highest BCUT2D eigenvalue weighted by Crippen LogP contribution is 2.20. The van der Waals surface area contributed by atoms with Gasteiger partial charge in [0.25, 0.3) is 0 Å². The van der Waals surface area contributed by atoms with Crippen molar-refractivity contribution in [3.05, 3.63) is 48.0 Å². The molecule has 0 heterocycles. The highest BCUT2D eigenvalue weighted by molar-refractivity contribution is 5.85. The lowest BCUT2D eigenvalue weighted by atomic mass is 10.0. The predicted octanol–water partition coefficient (Wildman–Crippen LogP) is 2.71. The molecule has 1 atom stereocenters. The van der Waals surface area contributed by atoms with Crippen LogP contribution >= 0.6 is 0 Å². The summed E-state index contributed by atoms with van der Waals surface area (Å²) in [5.74, 6) is 0. The van der Waals surface area contributed by atoms with Gasteiger partial charge in [0, 0.05) is 6.42 Å². The number of benzene rings is 2. The second kappa shape index (κ2) is 4.41. The van der Waals surface area contributed by atoms with Crippen LogP contribution in [0.4, 0.5) is 4.39 Å². The van der Waals surface area contributed by atoms with E-state index in [1.165, 1.54) is 0 Å². The molecular formula is C13H13FO. The van der Waals surface area contributed by atoms with Gasteiger partial charge in [-0.05, 0) is 16.3 Å². The van der Waals surface area contributed by atoms with Gasteiger partial charge >= 0.3 is 0 Å². The van der Waals surface area contributed by atoms with E-state index in [9.17, 15) is 4.39 Å². The Morgan fingerprint density at radius 2 is 1.80 bits per heavy atom. The highest BCUT2D eigenvalue weighted by Gasteiger charge is 2.08. The number of halogens is 1. The Bertz CT molecular complexity index is 448. The lowest BCUT2D eigenvalue weighted by Gasteiger charge is -2.08. The lowest BCUT2D eigenvalue weighted by molar-refractivity contribution is 0.178. The topological polar surface area (TPSA) is 20.2 Å². The molecule has 2 aromatic carbocycles. The van der Waals surface area contributed by atoms with Crippen LogP contribution in [0.15, 0.2) is 42.5 Å². The number of alkyl halides is 1. The van der Waals surface area contributed by atoms with Crippen LogP contribution in [0.5, 0.6) is 0 Å². The van der Waals surface area contributed by atoms with Crippen molar-refractivity contribution >= 4 is 10.8 Å². The Morgan fingerprint density at radius 3 is 2.60 bits per heavy atom. The van der Waals surface area contributed by atoms with Crippen molar-refractivity contribution in [1.82, 2.24) is 0 Å². The fraction of sp³-hybridized carbons (Fsp3) is 0.231. The summed E-state index contributed by atoms with van der Waals surface area (Å²) in [6.45, 7) is -0.413. The minimum Gasteiger partial charge on any atom is -0.393 e. The molecule has 0 bridgehead atoms. The Balaban J connectivity index is 2.42. The van der Waals surface area contributed by atoms with Crippen molar-refractivity contribution in [2.75, 3.05) is 6.61 Å². The van der Waals surface area contributed by atoms with Gasteiger partial charge in [-0.1, -0.05) is 42.5 Å². The van der Waals surface area contributed by atoms with Crippen LogP contribution in [-0.4, -0.2) is 17.9 Å². The third kappa shape index (κ3) is 2.16. The van der Waals surface area contributed by atoms with E-state index in [-0.39, 0.29) is 6.42 Å². The average molecular weight is 204 g/mol. The van der Waals surface area contributed by atoms with Crippen molar-refractivity contribution in [2.45, 2.75) is 12.6 Å². The van der Waals surface area contributed by atoms with Crippen LogP contribution in [0.25, 0.3) is 10.8 Å². The molecule has 0 saturated heterocycles. The Labute approximate surface area is 88.2 Å². The molecule has 2 aromatic rings. The quantitative estimate of drug-likeness (QED) is 0.815. The van der Waals surface area contributed by atoms with E-state index in [0.29, 0.717) is 0 Å². The molecule has 0 aliphatic rings. The van der Waals surface area contributed by atoms with E-state index < -0.39 is 12.8 Å². The second-order valence-electron chi connectivity index (χ2n) is 3.62. The maximum Gasteiger partial charge on any atom is 0.127 e. The van der Waals surface area contributed by atoms with E-state index in [2.05, 4.69) is 0 Å². The van der Waals surface area contributed by atoms with Gasteiger partial charge in [-0.3, -0.25) is 0 Å². The first-order valence-electron chi connectivity index (χ1n) is 5.03. The third-order valence-electron chi connectivity index (χ3n) is 2.52. The molecule has 0 aliphatic heterocycles. The Kier molecular flexibility index (Phi) is 2.97. The summed E-state index contributed by atoms with van der Waals surface area (Å²) in [5.41, 5.74) is 0.953. The summed E-state index contributed by atoms with van der Waals surface area (Å²) < 4.78 is 13.1. The van der Waals surface area contributed by atoms with Crippen LogP contribution in [0.3, 0.4) is 0 Å². The summed E-state index contributed by atoms with van der Waals surface area (Å²) in [6.07, 6.45) is -0.895. The van der Waals surface area contributed by atoms with Crippen LogP contribution < -0.4 is 0 Å². The first kappa shape index (κ1) is 10.1. The molecule has 2 heteroatoms. The number of fused-ring (bicyclic) bond motifs is 1. The fourth-order valence-corrected chi connectivity index (χ4v) is 1.77. The molecule has 0 aliphatic carbocycles. The molecule has 0 amide bonds. The molecule has 0 radical (unpaired) electrons. The van der Waals surface area contributed by atoms with Crippen LogP contribution in [-0.2, 0) is 6.42 Å². The Hall–Kier alpha value is -1.41. The number of rotatable bonds is 3. The van der Waals surface area contributed by atoms with E-state index in [0.717, 1.165) is 16.3 Å². The number of aliphatic hydroxyl groups excluding tert-OH is 1. The molecule has 1 N–H and O–H groups in total. The van der Waals surface area contributed by atoms with Crippen LogP contribution in [0.1, 0.15) is 5.56 Å². The molecule has 78 valence electrons. The molecule has 0 saturated carbocycles. The summed E-state index contributed by atoms with van der Waals surface area (Å²) in [7, 11) is 0. The third-order valence-corrected chi connectivity index (χ3v) is 2.52. The minimum atomic E-state index is -1.17. The van der Waals surface area contributed by atoms with Gasteiger partial charge < -0.3 is 5.11 Å². The van der Waals surface area contributed by atoms with Crippen molar-refractivity contribution in [3.63, 3.8) is 0 Å². The standard InChI is InChI=1S/C13H13FO/c14-12(9-15)8-11-6-3-5-10-4-1-2-7-13(10)11/h1-7,12,15H,8-9H2/t12-/m0/s1. The van der Waals surface area contributed by atoms with Crippen molar-refractivity contribution < 1.29 is 9.50 Å². The van der Waals surface area contributed by atoms with E-state index in [1.807, 2.05) is 42.5 Å². The van der Waals surface area contributed by atoms with Crippen LogP contribution in [0, 0.1) is 0 Å². The largest absolute Gasteiger partial charge is 0.393 e. The van der Waals surface area contributed by atoms with Gasteiger partial charge in [-0.15, -0.1) is 0 Å². The zero-order chi connectivity index (χ0) is 10.7.